The van der Waals surface area contributed by atoms with E-state index in [9.17, 15) is 9.90 Å². The van der Waals surface area contributed by atoms with Crippen LogP contribution in [0.4, 0.5) is 0 Å². The monoisotopic (exact) mass is 252 g/mol. The zero-order valence-electron chi connectivity index (χ0n) is 11.8. The van der Waals surface area contributed by atoms with Gasteiger partial charge in [-0.15, -0.1) is 0 Å². The molecule has 0 saturated heterocycles. The van der Waals surface area contributed by atoms with Gasteiger partial charge in [-0.2, -0.15) is 0 Å². The fraction of sp³-hybridized carbons (Fsp3) is 0.812. The van der Waals surface area contributed by atoms with Crippen molar-refractivity contribution in [3.63, 3.8) is 0 Å². The maximum Gasteiger partial charge on any atom is 0.310 e. The average Bonchev–Trinajstić information content (AvgIpc) is 2.38. The SMILES string of the molecule is CCCCCCCCC(C(=O)O)C1=CCCCC1. The van der Waals surface area contributed by atoms with Crippen molar-refractivity contribution in [2.75, 3.05) is 0 Å². The molecule has 1 rings (SSSR count). The summed E-state index contributed by atoms with van der Waals surface area (Å²) in [6.45, 7) is 2.22. The summed E-state index contributed by atoms with van der Waals surface area (Å²) in [4.78, 5) is 11.3. The number of rotatable bonds is 9. The van der Waals surface area contributed by atoms with Crippen molar-refractivity contribution in [1.29, 1.82) is 0 Å². The Bertz CT molecular complexity index is 268. The zero-order valence-corrected chi connectivity index (χ0v) is 11.8. The molecule has 18 heavy (non-hydrogen) atoms. The molecular weight excluding hydrogens is 224 g/mol. The predicted octanol–water partition coefficient (Wildman–Crippen LogP) is 4.94. The largest absolute Gasteiger partial charge is 0.481 e. The van der Waals surface area contributed by atoms with Gasteiger partial charge in [0.25, 0.3) is 0 Å². The first-order valence-corrected chi connectivity index (χ1v) is 7.67. The minimum Gasteiger partial charge on any atom is -0.481 e. The van der Waals surface area contributed by atoms with Crippen LogP contribution in [-0.4, -0.2) is 11.1 Å². The van der Waals surface area contributed by atoms with Crippen LogP contribution in [0.3, 0.4) is 0 Å². The molecule has 0 aliphatic heterocycles. The summed E-state index contributed by atoms with van der Waals surface area (Å²) in [5, 5.41) is 9.33. The molecule has 1 unspecified atom stereocenters. The first kappa shape index (κ1) is 15.3. The van der Waals surface area contributed by atoms with E-state index in [1.165, 1.54) is 50.5 Å². The first-order valence-electron chi connectivity index (χ1n) is 7.67. The average molecular weight is 252 g/mol. The zero-order chi connectivity index (χ0) is 13.2. The molecule has 1 aliphatic rings. The van der Waals surface area contributed by atoms with Crippen molar-refractivity contribution < 1.29 is 9.90 Å². The Labute approximate surface area is 111 Å². The standard InChI is InChI=1S/C16H28O2/c1-2-3-4-5-6-10-13-15(16(17)18)14-11-8-7-9-12-14/h11,15H,2-10,12-13H2,1H3,(H,17,18). The second-order valence-electron chi connectivity index (χ2n) is 5.47. The lowest BCUT2D eigenvalue weighted by atomic mass is 9.86. The molecular formula is C16H28O2. The van der Waals surface area contributed by atoms with Crippen molar-refractivity contribution >= 4 is 5.97 Å². The van der Waals surface area contributed by atoms with Crippen LogP contribution >= 0.6 is 0 Å². The summed E-state index contributed by atoms with van der Waals surface area (Å²) in [6.07, 6.45) is 14.9. The molecule has 0 bridgehead atoms. The van der Waals surface area contributed by atoms with Gasteiger partial charge in [0.15, 0.2) is 0 Å². The van der Waals surface area contributed by atoms with Gasteiger partial charge in [0, 0.05) is 0 Å². The molecule has 0 spiro atoms. The van der Waals surface area contributed by atoms with Crippen molar-refractivity contribution in [3.8, 4) is 0 Å². The van der Waals surface area contributed by atoms with Gasteiger partial charge in [0.05, 0.1) is 5.92 Å². The van der Waals surface area contributed by atoms with Crippen LogP contribution in [0.5, 0.6) is 0 Å². The fourth-order valence-electron chi connectivity index (χ4n) is 2.78. The number of hydrogen-bond acceptors (Lipinski definition) is 1. The van der Waals surface area contributed by atoms with Gasteiger partial charge in [-0.05, 0) is 32.1 Å². The Morgan fingerprint density at radius 2 is 1.94 bits per heavy atom. The van der Waals surface area contributed by atoms with Crippen molar-refractivity contribution in [3.05, 3.63) is 11.6 Å². The van der Waals surface area contributed by atoms with E-state index in [-0.39, 0.29) is 5.92 Å². The molecule has 1 atom stereocenters. The minimum absolute atomic E-state index is 0.198. The Hall–Kier alpha value is -0.790. The number of allylic oxidation sites excluding steroid dienone is 1. The number of carbonyl (C=O) groups is 1. The summed E-state index contributed by atoms with van der Waals surface area (Å²) in [5.74, 6) is -0.812. The first-order chi connectivity index (χ1) is 8.75. The third-order valence-corrected chi connectivity index (χ3v) is 3.92. The van der Waals surface area contributed by atoms with Gasteiger partial charge in [0.1, 0.15) is 0 Å². The van der Waals surface area contributed by atoms with Crippen LogP contribution in [0.25, 0.3) is 0 Å². The van der Waals surface area contributed by atoms with Crippen molar-refractivity contribution in [2.45, 2.75) is 77.6 Å². The van der Waals surface area contributed by atoms with Crippen LogP contribution in [0.2, 0.25) is 0 Å². The van der Waals surface area contributed by atoms with E-state index in [0.717, 1.165) is 25.7 Å². The van der Waals surface area contributed by atoms with Gasteiger partial charge in [0.2, 0.25) is 0 Å². The smallest absolute Gasteiger partial charge is 0.310 e. The summed E-state index contributed by atoms with van der Waals surface area (Å²) in [5.41, 5.74) is 1.20. The number of aliphatic carboxylic acids is 1. The van der Waals surface area contributed by atoms with E-state index in [4.69, 9.17) is 0 Å². The summed E-state index contributed by atoms with van der Waals surface area (Å²) in [6, 6.07) is 0. The summed E-state index contributed by atoms with van der Waals surface area (Å²) < 4.78 is 0. The summed E-state index contributed by atoms with van der Waals surface area (Å²) >= 11 is 0. The molecule has 104 valence electrons. The Morgan fingerprint density at radius 3 is 2.56 bits per heavy atom. The number of carboxylic acids is 1. The molecule has 0 aromatic heterocycles. The molecule has 0 fully saturated rings. The lowest BCUT2D eigenvalue weighted by molar-refractivity contribution is -0.140. The Balaban J connectivity index is 2.26. The molecule has 1 aliphatic carbocycles. The van der Waals surface area contributed by atoms with Crippen LogP contribution < -0.4 is 0 Å². The maximum atomic E-state index is 11.3. The van der Waals surface area contributed by atoms with Crippen molar-refractivity contribution in [2.24, 2.45) is 5.92 Å². The normalized spacial score (nSPS) is 17.3. The highest BCUT2D eigenvalue weighted by molar-refractivity contribution is 5.73. The van der Waals surface area contributed by atoms with Gasteiger partial charge >= 0.3 is 5.97 Å². The van der Waals surface area contributed by atoms with Crippen LogP contribution in [0.1, 0.15) is 77.6 Å². The molecule has 0 aromatic carbocycles. The minimum atomic E-state index is -0.614. The molecule has 2 nitrogen and oxygen atoms in total. The van der Waals surface area contributed by atoms with Gasteiger partial charge in [-0.3, -0.25) is 4.79 Å². The number of hydrogen-bond donors (Lipinski definition) is 1. The maximum absolute atomic E-state index is 11.3. The van der Waals surface area contributed by atoms with Crippen LogP contribution in [-0.2, 0) is 4.79 Å². The molecule has 0 aromatic rings. The number of carboxylic acid groups (broad SMARTS) is 1. The second-order valence-corrected chi connectivity index (χ2v) is 5.47. The van der Waals surface area contributed by atoms with Crippen molar-refractivity contribution in [1.82, 2.24) is 0 Å². The molecule has 0 radical (unpaired) electrons. The lowest BCUT2D eigenvalue weighted by Crippen LogP contribution is -2.17. The van der Waals surface area contributed by atoms with Crippen LogP contribution in [0, 0.1) is 5.92 Å². The van der Waals surface area contributed by atoms with E-state index < -0.39 is 5.97 Å². The molecule has 0 saturated carbocycles. The Kier molecular flexibility index (Phi) is 7.79. The Morgan fingerprint density at radius 1 is 1.22 bits per heavy atom. The van der Waals surface area contributed by atoms with E-state index in [1.807, 2.05) is 0 Å². The third kappa shape index (κ3) is 5.70. The summed E-state index contributed by atoms with van der Waals surface area (Å²) in [7, 11) is 0. The fourth-order valence-corrected chi connectivity index (χ4v) is 2.78. The molecule has 0 amide bonds. The lowest BCUT2D eigenvalue weighted by Gasteiger charge is -2.19. The van der Waals surface area contributed by atoms with Gasteiger partial charge in [-0.1, -0.05) is 57.1 Å². The topological polar surface area (TPSA) is 37.3 Å². The van der Waals surface area contributed by atoms with E-state index in [0.29, 0.717) is 0 Å². The second kappa shape index (κ2) is 9.18. The number of unbranched alkanes of at least 4 members (excludes halogenated alkanes) is 5. The van der Waals surface area contributed by atoms with Gasteiger partial charge < -0.3 is 5.11 Å². The highest BCUT2D eigenvalue weighted by atomic mass is 16.4. The van der Waals surface area contributed by atoms with Crippen LogP contribution in [0.15, 0.2) is 11.6 Å². The molecule has 2 heteroatoms. The predicted molar refractivity (Wildman–Crippen MR) is 75.7 cm³/mol. The van der Waals surface area contributed by atoms with E-state index in [2.05, 4.69) is 13.0 Å². The van der Waals surface area contributed by atoms with E-state index >= 15 is 0 Å². The third-order valence-electron chi connectivity index (χ3n) is 3.92. The highest BCUT2D eigenvalue weighted by Gasteiger charge is 2.22. The van der Waals surface area contributed by atoms with Gasteiger partial charge in [-0.25, -0.2) is 0 Å². The quantitative estimate of drug-likeness (QED) is 0.466. The highest BCUT2D eigenvalue weighted by Crippen LogP contribution is 2.28. The molecule has 1 N–H and O–H groups in total. The van der Waals surface area contributed by atoms with E-state index in [1.54, 1.807) is 0 Å². The molecule has 0 heterocycles.